The number of hydrogen-bond acceptors (Lipinski definition) is 6. The molecule has 1 aliphatic rings. The van der Waals surface area contributed by atoms with Crippen LogP contribution in [0.1, 0.15) is 29.9 Å². The fourth-order valence-electron chi connectivity index (χ4n) is 3.08. The molecule has 6 heteroatoms. The molecule has 0 aliphatic carbocycles. The fourth-order valence-corrected chi connectivity index (χ4v) is 3.99. The summed E-state index contributed by atoms with van der Waals surface area (Å²) in [6.45, 7) is 2.16. The van der Waals surface area contributed by atoms with E-state index in [-0.39, 0.29) is 0 Å². The number of piperidine rings is 1. The normalized spacial score (nSPS) is 15.3. The first kappa shape index (κ1) is 15.1. The molecule has 0 atom stereocenters. The van der Waals surface area contributed by atoms with Crippen molar-refractivity contribution in [1.29, 1.82) is 5.26 Å². The molecule has 0 unspecified atom stereocenters. The van der Waals surface area contributed by atoms with Crippen molar-refractivity contribution < 1.29 is 0 Å². The Balaban J connectivity index is 1.57. The van der Waals surface area contributed by atoms with Gasteiger partial charge >= 0.3 is 0 Å². The second-order valence-corrected chi connectivity index (χ2v) is 6.97. The minimum atomic E-state index is 0.600. The second kappa shape index (κ2) is 6.56. The minimum Gasteiger partial charge on any atom is -0.317 e. The van der Waals surface area contributed by atoms with Crippen LogP contribution in [0, 0.1) is 11.3 Å². The van der Waals surface area contributed by atoms with Crippen molar-refractivity contribution in [3.8, 4) is 6.07 Å². The number of anilines is 2. The van der Waals surface area contributed by atoms with E-state index in [0.29, 0.717) is 11.5 Å². The maximum absolute atomic E-state index is 9.00. The number of pyridine rings is 1. The summed E-state index contributed by atoms with van der Waals surface area (Å²) in [5, 5.41) is 16.5. The summed E-state index contributed by atoms with van der Waals surface area (Å²) in [5.74, 6) is 1.42. The lowest BCUT2D eigenvalue weighted by Gasteiger charge is -2.23. The monoisotopic (exact) mass is 335 g/mol. The van der Waals surface area contributed by atoms with Gasteiger partial charge in [-0.2, -0.15) is 5.26 Å². The van der Waals surface area contributed by atoms with Crippen LogP contribution in [0.3, 0.4) is 0 Å². The summed E-state index contributed by atoms with van der Waals surface area (Å²) < 4.78 is 1.01. The number of nitriles is 1. The third kappa shape index (κ3) is 3.09. The zero-order valence-electron chi connectivity index (χ0n) is 13.1. The highest BCUT2D eigenvalue weighted by Crippen LogP contribution is 2.30. The Labute approximate surface area is 144 Å². The van der Waals surface area contributed by atoms with E-state index >= 15 is 0 Å². The molecule has 1 saturated heterocycles. The van der Waals surface area contributed by atoms with Crippen molar-refractivity contribution in [2.24, 2.45) is 0 Å². The van der Waals surface area contributed by atoms with E-state index < -0.39 is 0 Å². The van der Waals surface area contributed by atoms with Crippen LogP contribution < -0.4 is 10.6 Å². The summed E-state index contributed by atoms with van der Waals surface area (Å²) in [6, 6.07) is 11.9. The first-order chi connectivity index (χ1) is 11.8. The van der Waals surface area contributed by atoms with Crippen LogP contribution >= 0.6 is 11.3 Å². The van der Waals surface area contributed by atoms with Gasteiger partial charge in [0.05, 0.1) is 21.8 Å². The van der Waals surface area contributed by atoms with Crippen molar-refractivity contribution in [2.45, 2.75) is 18.8 Å². The third-order valence-electron chi connectivity index (χ3n) is 4.35. The van der Waals surface area contributed by atoms with Gasteiger partial charge < -0.3 is 10.6 Å². The number of nitrogens with zero attached hydrogens (tertiary/aromatic N) is 3. The highest BCUT2D eigenvalue weighted by atomic mass is 32.1. The molecule has 1 fully saturated rings. The molecule has 1 aliphatic heterocycles. The molecule has 0 amide bonds. The van der Waals surface area contributed by atoms with E-state index in [2.05, 4.69) is 38.8 Å². The third-order valence-corrected chi connectivity index (χ3v) is 5.28. The van der Waals surface area contributed by atoms with Gasteiger partial charge in [0, 0.05) is 6.20 Å². The molecule has 1 aromatic carbocycles. The fraction of sp³-hybridized carbons (Fsp3) is 0.278. The number of hydrogen-bond donors (Lipinski definition) is 2. The smallest absolute Gasteiger partial charge is 0.189 e. The molecule has 0 bridgehead atoms. The first-order valence-corrected chi connectivity index (χ1v) is 8.88. The molecular formula is C18H17N5S. The molecular weight excluding hydrogens is 318 g/mol. The van der Waals surface area contributed by atoms with Gasteiger partial charge in [0.25, 0.3) is 0 Å². The van der Waals surface area contributed by atoms with Crippen LogP contribution in [0.4, 0.5) is 10.9 Å². The van der Waals surface area contributed by atoms with Crippen molar-refractivity contribution in [3.05, 3.63) is 47.7 Å². The Morgan fingerprint density at radius 1 is 1.21 bits per heavy atom. The first-order valence-electron chi connectivity index (χ1n) is 8.06. The highest BCUT2D eigenvalue weighted by Gasteiger charge is 2.16. The van der Waals surface area contributed by atoms with Gasteiger partial charge in [-0.3, -0.25) is 0 Å². The van der Waals surface area contributed by atoms with E-state index in [4.69, 9.17) is 5.26 Å². The molecule has 4 rings (SSSR count). The SMILES string of the molecule is N#Cc1ccc2nc(Nc3cc(C4CCNCC4)ccn3)sc2c1. The standard InChI is InChI=1S/C18H17N5S/c19-11-12-1-2-15-16(9-12)24-18(22-15)23-17-10-14(5-8-21-17)13-3-6-20-7-4-13/h1-2,5,8-10,13,20H,3-4,6-7H2,(H,21,22,23). The van der Waals surface area contributed by atoms with Crippen molar-refractivity contribution in [3.63, 3.8) is 0 Å². The lowest BCUT2D eigenvalue weighted by molar-refractivity contribution is 0.460. The maximum Gasteiger partial charge on any atom is 0.189 e. The Hall–Kier alpha value is -2.49. The van der Waals surface area contributed by atoms with E-state index in [0.717, 1.165) is 34.3 Å². The second-order valence-electron chi connectivity index (χ2n) is 5.94. The number of benzene rings is 1. The van der Waals surface area contributed by atoms with Crippen LogP contribution in [0.2, 0.25) is 0 Å². The van der Waals surface area contributed by atoms with E-state index in [1.54, 1.807) is 6.07 Å². The van der Waals surface area contributed by atoms with Crippen molar-refractivity contribution >= 4 is 32.5 Å². The molecule has 5 nitrogen and oxygen atoms in total. The van der Waals surface area contributed by atoms with Crippen LogP contribution in [0.5, 0.6) is 0 Å². The van der Waals surface area contributed by atoms with Crippen LogP contribution in [0.25, 0.3) is 10.2 Å². The summed E-state index contributed by atoms with van der Waals surface area (Å²) in [6.07, 6.45) is 4.20. The quantitative estimate of drug-likeness (QED) is 0.762. The van der Waals surface area contributed by atoms with Crippen LogP contribution in [-0.2, 0) is 0 Å². The van der Waals surface area contributed by atoms with E-state index in [9.17, 15) is 0 Å². The Morgan fingerprint density at radius 2 is 2.08 bits per heavy atom. The van der Waals surface area contributed by atoms with Gasteiger partial charge in [-0.1, -0.05) is 11.3 Å². The minimum absolute atomic E-state index is 0.600. The molecule has 24 heavy (non-hydrogen) atoms. The molecule has 0 saturated carbocycles. The van der Waals surface area contributed by atoms with Crippen molar-refractivity contribution in [1.82, 2.24) is 15.3 Å². The van der Waals surface area contributed by atoms with Gasteiger partial charge in [0.2, 0.25) is 0 Å². The molecule has 2 N–H and O–H groups in total. The topological polar surface area (TPSA) is 73.6 Å². The Kier molecular flexibility index (Phi) is 4.11. The number of thiazole rings is 1. The van der Waals surface area contributed by atoms with Gasteiger partial charge in [0.15, 0.2) is 5.13 Å². The predicted octanol–water partition coefficient (Wildman–Crippen LogP) is 3.77. The summed E-state index contributed by atoms with van der Waals surface area (Å²) in [5.41, 5.74) is 2.89. The lowest BCUT2D eigenvalue weighted by Crippen LogP contribution is -2.26. The van der Waals surface area contributed by atoms with Crippen molar-refractivity contribution in [2.75, 3.05) is 18.4 Å². The average molecular weight is 335 g/mol. The average Bonchev–Trinajstić information content (AvgIpc) is 3.04. The summed E-state index contributed by atoms with van der Waals surface area (Å²) in [4.78, 5) is 8.99. The number of nitrogens with one attached hydrogen (secondary N) is 2. The maximum atomic E-state index is 9.00. The lowest BCUT2D eigenvalue weighted by atomic mass is 9.91. The largest absolute Gasteiger partial charge is 0.317 e. The zero-order chi connectivity index (χ0) is 16.4. The highest BCUT2D eigenvalue weighted by molar-refractivity contribution is 7.22. The van der Waals surface area contributed by atoms with Gasteiger partial charge in [-0.25, -0.2) is 9.97 Å². The number of fused-ring (bicyclic) bond motifs is 1. The Bertz CT molecular complexity index is 905. The molecule has 120 valence electrons. The molecule has 3 heterocycles. The number of aromatic nitrogens is 2. The van der Waals surface area contributed by atoms with Gasteiger partial charge in [-0.15, -0.1) is 0 Å². The predicted molar refractivity (Wildman–Crippen MR) is 96.7 cm³/mol. The van der Waals surface area contributed by atoms with Crippen LogP contribution in [0.15, 0.2) is 36.5 Å². The molecule has 0 radical (unpaired) electrons. The van der Waals surface area contributed by atoms with Gasteiger partial charge in [0.1, 0.15) is 5.82 Å². The molecule has 3 aromatic rings. The summed E-state index contributed by atoms with van der Waals surface area (Å²) >= 11 is 1.54. The van der Waals surface area contributed by atoms with E-state index in [1.165, 1.54) is 29.7 Å². The summed E-state index contributed by atoms with van der Waals surface area (Å²) in [7, 11) is 0. The van der Waals surface area contributed by atoms with Crippen LogP contribution in [-0.4, -0.2) is 23.1 Å². The Morgan fingerprint density at radius 3 is 2.92 bits per heavy atom. The molecule has 2 aromatic heterocycles. The number of rotatable bonds is 3. The molecule has 0 spiro atoms. The zero-order valence-corrected chi connectivity index (χ0v) is 13.9. The van der Waals surface area contributed by atoms with Gasteiger partial charge in [-0.05, 0) is 67.7 Å². The van der Waals surface area contributed by atoms with E-state index in [1.807, 2.05) is 18.3 Å².